The third-order valence-electron chi connectivity index (χ3n) is 5.31. The number of morpholine rings is 1. The number of pyridine rings is 1. The number of benzene rings is 1. The highest BCUT2D eigenvalue weighted by molar-refractivity contribution is 5.87. The standard InChI is InChI=1S/C23H24N8O/c1-16-5-3-7-18(13-16)14-26-29-20-19-22(28-23(27-20)30-9-11-32-12-10-30)31(15-25-19)21-17(2)6-4-8-24-21/h3-8,13-15H,9-12H2,1-2H3,(H,27,28,29). The monoisotopic (exact) mass is 428 g/mol. The summed E-state index contributed by atoms with van der Waals surface area (Å²) in [6, 6.07) is 12.1. The number of nitrogens with zero attached hydrogens (tertiary/aromatic N) is 7. The number of nitrogens with one attached hydrogen (secondary N) is 1. The maximum atomic E-state index is 5.49. The zero-order valence-corrected chi connectivity index (χ0v) is 18.1. The minimum atomic E-state index is 0.549. The molecular formula is C23H24N8O. The Morgan fingerprint density at radius 1 is 1.06 bits per heavy atom. The first-order valence-electron chi connectivity index (χ1n) is 10.5. The van der Waals surface area contributed by atoms with Gasteiger partial charge in [-0.15, -0.1) is 0 Å². The summed E-state index contributed by atoms with van der Waals surface area (Å²) < 4.78 is 7.39. The Kier molecular flexibility index (Phi) is 5.47. The fourth-order valence-electron chi connectivity index (χ4n) is 3.67. The van der Waals surface area contributed by atoms with Crippen LogP contribution in [0.2, 0.25) is 0 Å². The average molecular weight is 429 g/mol. The molecule has 162 valence electrons. The van der Waals surface area contributed by atoms with E-state index in [9.17, 15) is 0 Å². The van der Waals surface area contributed by atoms with E-state index in [-0.39, 0.29) is 0 Å². The number of hydrogen-bond donors (Lipinski definition) is 1. The summed E-state index contributed by atoms with van der Waals surface area (Å²) in [4.78, 5) is 20.8. The van der Waals surface area contributed by atoms with Crippen LogP contribution in [-0.4, -0.2) is 57.0 Å². The molecule has 1 aliphatic rings. The van der Waals surface area contributed by atoms with Gasteiger partial charge in [0.25, 0.3) is 0 Å². The van der Waals surface area contributed by atoms with Crippen molar-refractivity contribution in [1.82, 2.24) is 24.5 Å². The molecule has 1 fully saturated rings. The van der Waals surface area contributed by atoms with Gasteiger partial charge in [0.2, 0.25) is 5.95 Å². The van der Waals surface area contributed by atoms with E-state index in [4.69, 9.17) is 14.7 Å². The summed E-state index contributed by atoms with van der Waals surface area (Å²) in [5.74, 6) is 1.95. The highest BCUT2D eigenvalue weighted by atomic mass is 16.5. The lowest BCUT2D eigenvalue weighted by molar-refractivity contribution is 0.122. The smallest absolute Gasteiger partial charge is 0.229 e. The number of rotatable bonds is 5. The van der Waals surface area contributed by atoms with Crippen LogP contribution in [0, 0.1) is 13.8 Å². The number of aryl methyl sites for hydroxylation is 2. The summed E-state index contributed by atoms with van der Waals surface area (Å²) in [7, 11) is 0. The second-order valence-electron chi connectivity index (χ2n) is 7.69. The van der Waals surface area contributed by atoms with Crippen molar-refractivity contribution in [2.24, 2.45) is 5.10 Å². The molecule has 4 aromatic rings. The molecule has 0 unspecified atom stereocenters. The van der Waals surface area contributed by atoms with Crippen LogP contribution in [0.1, 0.15) is 16.7 Å². The SMILES string of the molecule is Cc1cccc(C=NNc2nc(N3CCOCC3)nc3c2ncn3-c2ncccc2C)c1. The summed E-state index contributed by atoms with van der Waals surface area (Å²) >= 11 is 0. The number of aromatic nitrogens is 5. The minimum absolute atomic E-state index is 0.549. The van der Waals surface area contributed by atoms with Crippen LogP contribution in [0.5, 0.6) is 0 Å². The molecule has 0 amide bonds. The molecule has 5 rings (SSSR count). The van der Waals surface area contributed by atoms with E-state index in [1.54, 1.807) is 18.7 Å². The molecule has 0 radical (unpaired) electrons. The molecule has 0 atom stereocenters. The van der Waals surface area contributed by atoms with Gasteiger partial charge in [0.05, 0.1) is 19.4 Å². The predicted octanol–water partition coefficient (Wildman–Crippen LogP) is 3.11. The van der Waals surface area contributed by atoms with Gasteiger partial charge in [0, 0.05) is 19.3 Å². The van der Waals surface area contributed by atoms with Crippen LogP contribution in [0.3, 0.4) is 0 Å². The lowest BCUT2D eigenvalue weighted by Crippen LogP contribution is -2.37. The third kappa shape index (κ3) is 4.02. The number of hydrogen-bond acceptors (Lipinski definition) is 8. The molecular weight excluding hydrogens is 404 g/mol. The van der Waals surface area contributed by atoms with Crippen molar-refractivity contribution < 1.29 is 4.74 Å². The molecule has 0 spiro atoms. The number of fused-ring (bicyclic) bond motifs is 1. The van der Waals surface area contributed by atoms with Crippen molar-refractivity contribution in [3.63, 3.8) is 0 Å². The number of hydrazone groups is 1. The second kappa shape index (κ2) is 8.72. The van der Waals surface area contributed by atoms with Gasteiger partial charge in [0.1, 0.15) is 12.1 Å². The van der Waals surface area contributed by atoms with E-state index >= 15 is 0 Å². The fraction of sp³-hybridized carbons (Fsp3) is 0.261. The normalized spacial score (nSPS) is 14.4. The maximum Gasteiger partial charge on any atom is 0.229 e. The van der Waals surface area contributed by atoms with E-state index in [2.05, 4.69) is 44.5 Å². The van der Waals surface area contributed by atoms with Crippen molar-refractivity contribution >= 4 is 29.1 Å². The molecule has 1 aromatic carbocycles. The Balaban J connectivity index is 1.57. The number of ether oxygens (including phenoxy) is 1. The highest BCUT2D eigenvalue weighted by Gasteiger charge is 2.20. The summed E-state index contributed by atoms with van der Waals surface area (Å²) in [5.41, 5.74) is 7.61. The van der Waals surface area contributed by atoms with Gasteiger partial charge in [-0.25, -0.2) is 9.97 Å². The zero-order chi connectivity index (χ0) is 21.9. The Hall–Kier alpha value is -3.85. The molecule has 1 saturated heterocycles. The van der Waals surface area contributed by atoms with Crippen molar-refractivity contribution in [3.8, 4) is 5.82 Å². The van der Waals surface area contributed by atoms with E-state index in [0.717, 1.165) is 30.0 Å². The summed E-state index contributed by atoms with van der Waals surface area (Å²) in [6.07, 6.45) is 5.27. The molecule has 9 nitrogen and oxygen atoms in total. The van der Waals surface area contributed by atoms with Crippen LogP contribution >= 0.6 is 0 Å². The molecule has 1 N–H and O–H groups in total. The lowest BCUT2D eigenvalue weighted by Gasteiger charge is -2.27. The summed E-state index contributed by atoms with van der Waals surface area (Å²) in [5, 5.41) is 4.42. The molecule has 0 saturated carbocycles. The average Bonchev–Trinajstić information content (AvgIpc) is 3.24. The van der Waals surface area contributed by atoms with Crippen molar-refractivity contribution in [1.29, 1.82) is 0 Å². The van der Waals surface area contributed by atoms with E-state index in [1.165, 1.54) is 5.56 Å². The van der Waals surface area contributed by atoms with Crippen molar-refractivity contribution in [2.75, 3.05) is 36.6 Å². The van der Waals surface area contributed by atoms with E-state index < -0.39 is 0 Å². The minimum Gasteiger partial charge on any atom is -0.378 e. The molecule has 9 heteroatoms. The second-order valence-corrected chi connectivity index (χ2v) is 7.69. The first kappa shape index (κ1) is 20.1. The van der Waals surface area contributed by atoms with Crippen LogP contribution < -0.4 is 10.3 Å². The molecule has 0 bridgehead atoms. The predicted molar refractivity (Wildman–Crippen MR) is 125 cm³/mol. The van der Waals surface area contributed by atoms with Crippen LogP contribution in [0.4, 0.5) is 11.8 Å². The van der Waals surface area contributed by atoms with Gasteiger partial charge >= 0.3 is 0 Å². The summed E-state index contributed by atoms with van der Waals surface area (Å²) in [6.45, 7) is 6.83. The molecule has 4 heterocycles. The van der Waals surface area contributed by atoms with E-state index in [1.807, 2.05) is 35.8 Å². The van der Waals surface area contributed by atoms with Crippen molar-refractivity contribution in [2.45, 2.75) is 13.8 Å². The lowest BCUT2D eigenvalue weighted by atomic mass is 10.2. The Labute approximate surface area is 185 Å². The Morgan fingerprint density at radius 2 is 1.94 bits per heavy atom. The zero-order valence-electron chi connectivity index (χ0n) is 18.1. The van der Waals surface area contributed by atoms with Crippen LogP contribution in [0.25, 0.3) is 17.0 Å². The molecule has 0 aliphatic carbocycles. The van der Waals surface area contributed by atoms with Gasteiger partial charge in [-0.05, 0) is 31.0 Å². The molecule has 3 aromatic heterocycles. The third-order valence-corrected chi connectivity index (χ3v) is 5.31. The van der Waals surface area contributed by atoms with Crippen LogP contribution in [0.15, 0.2) is 54.0 Å². The first-order valence-corrected chi connectivity index (χ1v) is 10.5. The van der Waals surface area contributed by atoms with Gasteiger partial charge < -0.3 is 9.64 Å². The van der Waals surface area contributed by atoms with E-state index in [0.29, 0.717) is 36.1 Å². The maximum absolute atomic E-state index is 5.49. The topological polar surface area (TPSA) is 93.4 Å². The van der Waals surface area contributed by atoms with Gasteiger partial charge in [0.15, 0.2) is 17.0 Å². The Morgan fingerprint density at radius 3 is 2.75 bits per heavy atom. The quantitative estimate of drug-likeness (QED) is 0.386. The van der Waals surface area contributed by atoms with Gasteiger partial charge in [-0.2, -0.15) is 15.1 Å². The molecule has 32 heavy (non-hydrogen) atoms. The molecule has 1 aliphatic heterocycles. The first-order chi connectivity index (χ1) is 15.7. The van der Waals surface area contributed by atoms with Gasteiger partial charge in [-0.3, -0.25) is 9.99 Å². The van der Waals surface area contributed by atoms with Crippen molar-refractivity contribution in [3.05, 3.63) is 65.6 Å². The number of anilines is 2. The highest BCUT2D eigenvalue weighted by Crippen LogP contribution is 2.25. The Bertz CT molecular complexity index is 1280. The number of imidazole rings is 1. The largest absolute Gasteiger partial charge is 0.378 e. The fourth-order valence-corrected chi connectivity index (χ4v) is 3.67. The van der Waals surface area contributed by atoms with Gasteiger partial charge in [-0.1, -0.05) is 35.9 Å². The van der Waals surface area contributed by atoms with Crippen LogP contribution in [-0.2, 0) is 4.74 Å².